The van der Waals surface area contributed by atoms with Gasteiger partial charge in [0.15, 0.2) is 0 Å². The van der Waals surface area contributed by atoms with Crippen LogP contribution in [0, 0.1) is 0 Å². The van der Waals surface area contributed by atoms with Gasteiger partial charge in [-0.1, -0.05) is 29.8 Å². The second-order valence-corrected chi connectivity index (χ2v) is 5.40. The van der Waals surface area contributed by atoms with Crippen molar-refractivity contribution in [1.29, 1.82) is 0 Å². The average molecular weight is 294 g/mol. The Bertz CT molecular complexity index is 502. The van der Waals surface area contributed by atoms with E-state index in [2.05, 4.69) is 22.5 Å². The van der Waals surface area contributed by atoms with Gasteiger partial charge in [0, 0.05) is 24.5 Å². The maximum atomic E-state index is 11.0. The standard InChI is InChI=1S/C15H20ClN3O/c16-14-4-1-3-13(11-14)12-6-9-19(10-7-12)8-2-5-15(20)18-17/h1,3-4,6,11H,2,5,7-10,17H2,(H,18,20). The zero-order valence-corrected chi connectivity index (χ0v) is 12.2. The Hall–Kier alpha value is -1.36. The molecule has 1 heterocycles. The van der Waals surface area contributed by atoms with Crippen molar-refractivity contribution < 1.29 is 4.79 Å². The molecular weight excluding hydrogens is 274 g/mol. The molecule has 1 aliphatic heterocycles. The summed E-state index contributed by atoms with van der Waals surface area (Å²) in [5.74, 6) is 4.95. The highest BCUT2D eigenvalue weighted by atomic mass is 35.5. The largest absolute Gasteiger partial charge is 0.299 e. The normalized spacial score (nSPS) is 15.8. The van der Waals surface area contributed by atoms with E-state index >= 15 is 0 Å². The predicted octanol–water partition coefficient (Wildman–Crippen LogP) is 2.20. The number of amides is 1. The van der Waals surface area contributed by atoms with Gasteiger partial charge in [0.1, 0.15) is 0 Å². The third-order valence-corrected chi connectivity index (χ3v) is 3.76. The molecule has 0 saturated carbocycles. The molecule has 0 atom stereocenters. The van der Waals surface area contributed by atoms with Crippen molar-refractivity contribution >= 4 is 23.1 Å². The van der Waals surface area contributed by atoms with E-state index in [0.29, 0.717) is 6.42 Å². The van der Waals surface area contributed by atoms with Gasteiger partial charge in [-0.15, -0.1) is 0 Å². The number of nitrogens with two attached hydrogens (primary N) is 1. The van der Waals surface area contributed by atoms with Crippen molar-refractivity contribution in [3.63, 3.8) is 0 Å². The molecule has 1 amide bonds. The maximum absolute atomic E-state index is 11.0. The third-order valence-electron chi connectivity index (χ3n) is 3.53. The van der Waals surface area contributed by atoms with Crippen LogP contribution in [0.3, 0.4) is 0 Å². The van der Waals surface area contributed by atoms with Crippen molar-refractivity contribution in [2.45, 2.75) is 19.3 Å². The second kappa shape index (κ2) is 7.43. The zero-order chi connectivity index (χ0) is 14.4. The summed E-state index contributed by atoms with van der Waals surface area (Å²) in [6.07, 6.45) is 4.59. The van der Waals surface area contributed by atoms with Gasteiger partial charge in [0.2, 0.25) is 5.91 Å². The lowest BCUT2D eigenvalue weighted by molar-refractivity contribution is -0.121. The van der Waals surface area contributed by atoms with E-state index in [1.54, 1.807) is 0 Å². The lowest BCUT2D eigenvalue weighted by atomic mass is 9.99. The molecule has 0 fully saturated rings. The van der Waals surface area contributed by atoms with E-state index in [-0.39, 0.29) is 5.91 Å². The van der Waals surface area contributed by atoms with E-state index in [4.69, 9.17) is 17.4 Å². The van der Waals surface area contributed by atoms with Crippen LogP contribution in [-0.2, 0) is 4.79 Å². The summed E-state index contributed by atoms with van der Waals surface area (Å²) >= 11 is 6.02. The van der Waals surface area contributed by atoms with Gasteiger partial charge in [-0.3, -0.25) is 15.1 Å². The van der Waals surface area contributed by atoms with E-state index in [1.165, 1.54) is 11.1 Å². The van der Waals surface area contributed by atoms with Crippen LogP contribution in [-0.4, -0.2) is 30.4 Å². The monoisotopic (exact) mass is 293 g/mol. The summed E-state index contributed by atoms with van der Waals surface area (Å²) < 4.78 is 0. The molecule has 108 valence electrons. The summed E-state index contributed by atoms with van der Waals surface area (Å²) in [5, 5.41) is 0.777. The molecule has 20 heavy (non-hydrogen) atoms. The molecule has 1 aromatic rings. The SMILES string of the molecule is NNC(=O)CCCN1CC=C(c2cccc(Cl)c2)CC1. The Kier molecular flexibility index (Phi) is 5.59. The highest BCUT2D eigenvalue weighted by molar-refractivity contribution is 6.30. The molecule has 1 aliphatic rings. The number of nitrogens with zero attached hydrogens (tertiary/aromatic N) is 1. The van der Waals surface area contributed by atoms with E-state index < -0.39 is 0 Å². The molecule has 1 aromatic carbocycles. The number of hydrazine groups is 1. The zero-order valence-electron chi connectivity index (χ0n) is 11.4. The molecule has 4 nitrogen and oxygen atoms in total. The number of rotatable bonds is 5. The van der Waals surface area contributed by atoms with Gasteiger partial charge in [-0.2, -0.15) is 0 Å². The molecular formula is C15H20ClN3O. The third kappa shape index (κ3) is 4.34. The first kappa shape index (κ1) is 15.0. The molecule has 3 N–H and O–H groups in total. The maximum Gasteiger partial charge on any atom is 0.233 e. The summed E-state index contributed by atoms with van der Waals surface area (Å²) in [4.78, 5) is 13.4. The highest BCUT2D eigenvalue weighted by Gasteiger charge is 2.13. The molecule has 0 radical (unpaired) electrons. The molecule has 0 spiro atoms. The molecule has 0 unspecified atom stereocenters. The minimum atomic E-state index is -0.0998. The van der Waals surface area contributed by atoms with Crippen molar-refractivity contribution in [2.24, 2.45) is 5.84 Å². The van der Waals surface area contributed by atoms with Gasteiger partial charge in [-0.05, 0) is 42.7 Å². The fraction of sp³-hybridized carbons (Fsp3) is 0.400. The van der Waals surface area contributed by atoms with Crippen molar-refractivity contribution in [3.05, 3.63) is 40.9 Å². The van der Waals surface area contributed by atoms with E-state index in [1.807, 2.05) is 18.2 Å². The Labute approximate surface area is 124 Å². The van der Waals surface area contributed by atoms with E-state index in [9.17, 15) is 4.79 Å². The van der Waals surface area contributed by atoms with Crippen LogP contribution in [0.25, 0.3) is 5.57 Å². The van der Waals surface area contributed by atoms with Crippen molar-refractivity contribution in [2.75, 3.05) is 19.6 Å². The van der Waals surface area contributed by atoms with Crippen LogP contribution in [0.5, 0.6) is 0 Å². The van der Waals surface area contributed by atoms with Crippen LogP contribution < -0.4 is 11.3 Å². The smallest absolute Gasteiger partial charge is 0.233 e. The van der Waals surface area contributed by atoms with Crippen LogP contribution in [0.1, 0.15) is 24.8 Å². The number of hydrogen-bond donors (Lipinski definition) is 2. The Morgan fingerprint density at radius 1 is 1.45 bits per heavy atom. The Balaban J connectivity index is 1.83. The summed E-state index contributed by atoms with van der Waals surface area (Å²) in [6.45, 7) is 2.86. The Morgan fingerprint density at radius 3 is 2.95 bits per heavy atom. The molecule has 0 aromatic heterocycles. The summed E-state index contributed by atoms with van der Waals surface area (Å²) in [5.41, 5.74) is 4.71. The van der Waals surface area contributed by atoms with Gasteiger partial charge in [0.05, 0.1) is 0 Å². The summed E-state index contributed by atoms with van der Waals surface area (Å²) in [7, 11) is 0. The van der Waals surface area contributed by atoms with Crippen LogP contribution in [0.15, 0.2) is 30.3 Å². The van der Waals surface area contributed by atoms with E-state index in [0.717, 1.165) is 37.5 Å². The van der Waals surface area contributed by atoms with Crippen molar-refractivity contribution in [1.82, 2.24) is 10.3 Å². The lowest BCUT2D eigenvalue weighted by Crippen LogP contribution is -2.32. The number of nitrogens with one attached hydrogen (secondary N) is 1. The predicted molar refractivity (Wildman–Crippen MR) is 82.1 cm³/mol. The average Bonchev–Trinajstić information content (AvgIpc) is 2.48. The lowest BCUT2D eigenvalue weighted by Gasteiger charge is -2.26. The Morgan fingerprint density at radius 2 is 2.30 bits per heavy atom. The first-order valence-corrected chi connectivity index (χ1v) is 7.23. The highest BCUT2D eigenvalue weighted by Crippen LogP contribution is 2.24. The molecule has 0 saturated heterocycles. The molecule has 5 heteroatoms. The number of halogens is 1. The number of carbonyl (C=O) groups is 1. The van der Waals surface area contributed by atoms with Gasteiger partial charge in [0.25, 0.3) is 0 Å². The number of hydrogen-bond acceptors (Lipinski definition) is 3. The first-order chi connectivity index (χ1) is 9.69. The van der Waals surface area contributed by atoms with Crippen molar-refractivity contribution in [3.8, 4) is 0 Å². The topological polar surface area (TPSA) is 58.4 Å². The molecule has 2 rings (SSSR count). The fourth-order valence-corrected chi connectivity index (χ4v) is 2.59. The minimum Gasteiger partial charge on any atom is -0.299 e. The van der Waals surface area contributed by atoms with Gasteiger partial charge >= 0.3 is 0 Å². The quantitative estimate of drug-likeness (QED) is 0.497. The minimum absolute atomic E-state index is 0.0998. The fourth-order valence-electron chi connectivity index (χ4n) is 2.40. The van der Waals surface area contributed by atoms with Gasteiger partial charge in [-0.25, -0.2) is 5.84 Å². The van der Waals surface area contributed by atoms with Gasteiger partial charge < -0.3 is 0 Å². The number of carbonyl (C=O) groups excluding carboxylic acids is 1. The molecule has 0 bridgehead atoms. The molecule has 0 aliphatic carbocycles. The van der Waals surface area contributed by atoms with Crippen LogP contribution in [0.4, 0.5) is 0 Å². The van der Waals surface area contributed by atoms with Crippen LogP contribution in [0.2, 0.25) is 5.02 Å². The summed E-state index contributed by atoms with van der Waals surface area (Å²) in [6, 6.07) is 7.98. The number of benzene rings is 1. The first-order valence-electron chi connectivity index (χ1n) is 6.86. The van der Waals surface area contributed by atoms with Crippen LogP contribution >= 0.6 is 11.6 Å². The second-order valence-electron chi connectivity index (χ2n) is 4.96.